The molecule has 1 aliphatic heterocycles. The Morgan fingerprint density at radius 1 is 1.37 bits per heavy atom. The molecule has 2 heterocycles. The Labute approximate surface area is 166 Å². The van der Waals surface area contributed by atoms with Crippen LogP contribution in [0.5, 0.6) is 0 Å². The summed E-state index contributed by atoms with van der Waals surface area (Å²) in [6, 6.07) is 1.89. The van der Waals surface area contributed by atoms with Crippen molar-refractivity contribution >= 4 is 17.9 Å². The van der Waals surface area contributed by atoms with Crippen molar-refractivity contribution in [3.63, 3.8) is 0 Å². The zero-order valence-electron chi connectivity index (χ0n) is 16.7. The molecule has 0 aromatic carbocycles. The molecule has 1 saturated carbocycles. The molecule has 0 unspecified atom stereocenters. The SMILES string of the molecule is CSN[C@H]1CCCN(C(=O)c2ccno2)[C@H]1COC1CCC(C(C)C)CC1. The lowest BCUT2D eigenvalue weighted by atomic mass is 9.80. The molecular formula is C20H33N3O3S. The number of hydrogen-bond donors (Lipinski definition) is 1. The van der Waals surface area contributed by atoms with Gasteiger partial charge >= 0.3 is 0 Å². The van der Waals surface area contributed by atoms with Gasteiger partial charge in [-0.05, 0) is 56.6 Å². The molecule has 3 rings (SSSR count). The highest BCUT2D eigenvalue weighted by Gasteiger charge is 2.36. The minimum absolute atomic E-state index is 0.0200. The number of carbonyl (C=O) groups is 1. The second-order valence-corrected chi connectivity index (χ2v) is 8.77. The van der Waals surface area contributed by atoms with Crippen molar-refractivity contribution in [3.05, 3.63) is 18.0 Å². The Balaban J connectivity index is 1.61. The van der Waals surface area contributed by atoms with Crippen molar-refractivity contribution in [2.45, 2.75) is 70.6 Å². The van der Waals surface area contributed by atoms with Gasteiger partial charge in [0.05, 0.1) is 24.9 Å². The van der Waals surface area contributed by atoms with E-state index in [-0.39, 0.29) is 18.0 Å². The van der Waals surface area contributed by atoms with E-state index < -0.39 is 0 Å². The molecule has 1 aliphatic carbocycles. The van der Waals surface area contributed by atoms with Gasteiger partial charge in [0.25, 0.3) is 5.91 Å². The smallest absolute Gasteiger partial charge is 0.292 e. The van der Waals surface area contributed by atoms with Gasteiger partial charge < -0.3 is 14.2 Å². The number of piperidine rings is 1. The number of aromatic nitrogens is 1. The molecule has 0 spiro atoms. The standard InChI is InChI=1S/C20H33N3O3S/c1-14(2)15-6-8-16(9-7-15)25-13-18-17(22-27-3)5-4-12-23(18)20(24)19-10-11-21-26-19/h10-11,14-18,22H,4-9,12-13H2,1-3H3/t15?,16?,17-,18-/m0/s1. The molecule has 1 amide bonds. The topological polar surface area (TPSA) is 67.6 Å². The second-order valence-electron chi connectivity index (χ2n) is 8.13. The molecule has 1 N–H and O–H groups in total. The minimum atomic E-state index is -0.0859. The van der Waals surface area contributed by atoms with Gasteiger partial charge in [-0.3, -0.25) is 9.52 Å². The lowest BCUT2D eigenvalue weighted by Crippen LogP contribution is -2.57. The Morgan fingerprint density at radius 2 is 2.15 bits per heavy atom. The monoisotopic (exact) mass is 395 g/mol. The summed E-state index contributed by atoms with van der Waals surface area (Å²) < 4.78 is 14.9. The zero-order chi connectivity index (χ0) is 19.2. The maximum absolute atomic E-state index is 12.9. The van der Waals surface area contributed by atoms with Crippen LogP contribution >= 0.6 is 11.9 Å². The van der Waals surface area contributed by atoms with Crippen LogP contribution in [0.2, 0.25) is 0 Å². The van der Waals surface area contributed by atoms with E-state index >= 15 is 0 Å². The van der Waals surface area contributed by atoms with Gasteiger partial charge in [0, 0.05) is 18.7 Å². The highest BCUT2D eigenvalue weighted by Crippen LogP contribution is 2.32. The lowest BCUT2D eigenvalue weighted by molar-refractivity contribution is -0.0287. The molecule has 27 heavy (non-hydrogen) atoms. The number of ether oxygens (including phenoxy) is 1. The Bertz CT molecular complexity index is 571. The van der Waals surface area contributed by atoms with Gasteiger partial charge in [-0.2, -0.15) is 0 Å². The zero-order valence-corrected chi connectivity index (χ0v) is 17.5. The third-order valence-electron chi connectivity index (χ3n) is 6.12. The third-order valence-corrected chi connectivity index (χ3v) is 6.66. The molecule has 1 saturated heterocycles. The van der Waals surface area contributed by atoms with Gasteiger partial charge in [0.1, 0.15) is 0 Å². The van der Waals surface area contributed by atoms with Crippen LogP contribution in [0.25, 0.3) is 0 Å². The molecule has 0 bridgehead atoms. The molecule has 1 aromatic heterocycles. The van der Waals surface area contributed by atoms with E-state index in [0.717, 1.165) is 44.1 Å². The Hall–Kier alpha value is -1.05. The van der Waals surface area contributed by atoms with E-state index in [9.17, 15) is 4.79 Å². The largest absolute Gasteiger partial charge is 0.376 e. The van der Waals surface area contributed by atoms with E-state index in [4.69, 9.17) is 9.26 Å². The Morgan fingerprint density at radius 3 is 2.78 bits per heavy atom. The molecule has 2 atom stereocenters. The minimum Gasteiger partial charge on any atom is -0.376 e. The second kappa shape index (κ2) is 9.94. The van der Waals surface area contributed by atoms with Crippen molar-refractivity contribution in [1.82, 2.24) is 14.8 Å². The van der Waals surface area contributed by atoms with Crippen LogP contribution in [0.3, 0.4) is 0 Å². The van der Waals surface area contributed by atoms with E-state index in [2.05, 4.69) is 23.7 Å². The predicted molar refractivity (Wildman–Crippen MR) is 108 cm³/mol. The summed E-state index contributed by atoms with van der Waals surface area (Å²) in [4.78, 5) is 14.8. The quantitative estimate of drug-likeness (QED) is 0.709. The molecular weight excluding hydrogens is 362 g/mol. The van der Waals surface area contributed by atoms with E-state index in [1.54, 1.807) is 18.0 Å². The fourth-order valence-corrected chi connectivity index (χ4v) is 5.01. The third kappa shape index (κ3) is 5.27. The summed E-state index contributed by atoms with van der Waals surface area (Å²) >= 11 is 1.61. The van der Waals surface area contributed by atoms with E-state index in [1.807, 2.05) is 11.2 Å². The lowest BCUT2D eigenvalue weighted by Gasteiger charge is -2.41. The Kier molecular flexibility index (Phi) is 7.61. The first-order chi connectivity index (χ1) is 13.1. The maximum Gasteiger partial charge on any atom is 0.292 e. The molecule has 152 valence electrons. The van der Waals surface area contributed by atoms with Crippen LogP contribution < -0.4 is 4.72 Å². The maximum atomic E-state index is 12.9. The average molecular weight is 396 g/mol. The van der Waals surface area contributed by atoms with Gasteiger partial charge in [-0.1, -0.05) is 31.0 Å². The van der Waals surface area contributed by atoms with Crippen molar-refractivity contribution in [1.29, 1.82) is 0 Å². The van der Waals surface area contributed by atoms with Crippen LogP contribution in [0.15, 0.2) is 16.8 Å². The number of nitrogens with zero attached hydrogens (tertiary/aromatic N) is 2. The first kappa shape index (κ1) is 20.7. The van der Waals surface area contributed by atoms with Crippen molar-refractivity contribution < 1.29 is 14.1 Å². The molecule has 2 fully saturated rings. The van der Waals surface area contributed by atoms with Crippen LogP contribution in [0.1, 0.15) is 62.9 Å². The van der Waals surface area contributed by atoms with Crippen molar-refractivity contribution in [3.8, 4) is 0 Å². The first-order valence-corrected chi connectivity index (χ1v) is 11.4. The number of hydrogen-bond acceptors (Lipinski definition) is 6. The number of rotatable bonds is 7. The van der Waals surface area contributed by atoms with Crippen molar-refractivity contribution in [2.75, 3.05) is 19.4 Å². The fraction of sp³-hybridized carbons (Fsp3) is 0.800. The summed E-state index contributed by atoms with van der Waals surface area (Å²) in [5, 5.41) is 3.69. The summed E-state index contributed by atoms with van der Waals surface area (Å²) in [5.74, 6) is 1.81. The van der Waals surface area contributed by atoms with Crippen LogP contribution in [-0.4, -0.2) is 53.6 Å². The summed E-state index contributed by atoms with van der Waals surface area (Å²) in [5.41, 5.74) is 0. The van der Waals surface area contributed by atoms with Crippen LogP contribution in [-0.2, 0) is 4.74 Å². The number of carbonyl (C=O) groups excluding carboxylic acids is 1. The number of amides is 1. The van der Waals surface area contributed by atoms with Crippen molar-refractivity contribution in [2.24, 2.45) is 11.8 Å². The predicted octanol–water partition coefficient (Wildman–Crippen LogP) is 3.75. The van der Waals surface area contributed by atoms with Gasteiger partial charge in [0.15, 0.2) is 0 Å². The van der Waals surface area contributed by atoms with Crippen LogP contribution in [0, 0.1) is 11.8 Å². The summed E-state index contributed by atoms with van der Waals surface area (Å²) in [6.45, 7) is 5.95. The fourth-order valence-electron chi connectivity index (χ4n) is 4.43. The molecule has 6 nitrogen and oxygen atoms in total. The van der Waals surface area contributed by atoms with Gasteiger partial charge in [-0.15, -0.1) is 0 Å². The summed E-state index contributed by atoms with van der Waals surface area (Å²) in [6.07, 6.45) is 10.7. The molecule has 1 aromatic rings. The first-order valence-electron chi connectivity index (χ1n) is 10.2. The number of likely N-dealkylation sites (tertiary alicyclic amines) is 1. The highest BCUT2D eigenvalue weighted by molar-refractivity contribution is 7.96. The van der Waals surface area contributed by atoms with E-state index in [0.29, 0.717) is 18.5 Å². The molecule has 7 heteroatoms. The molecule has 2 aliphatic rings. The van der Waals surface area contributed by atoms with Gasteiger partial charge in [0.2, 0.25) is 5.76 Å². The molecule has 0 radical (unpaired) electrons. The van der Waals surface area contributed by atoms with Crippen LogP contribution in [0.4, 0.5) is 0 Å². The normalized spacial score (nSPS) is 29.3. The average Bonchev–Trinajstić information content (AvgIpc) is 3.21. The number of nitrogens with one attached hydrogen (secondary N) is 1. The summed E-state index contributed by atoms with van der Waals surface area (Å²) in [7, 11) is 0. The van der Waals surface area contributed by atoms with Gasteiger partial charge in [-0.25, -0.2) is 0 Å². The highest BCUT2D eigenvalue weighted by atomic mass is 32.2. The van der Waals surface area contributed by atoms with E-state index in [1.165, 1.54) is 19.0 Å².